The van der Waals surface area contributed by atoms with Crippen LogP contribution in [0.3, 0.4) is 0 Å². The molecule has 1 saturated heterocycles. The fraction of sp³-hybridized carbons (Fsp3) is 0.393. The van der Waals surface area contributed by atoms with Crippen LogP contribution in [0.15, 0.2) is 48.2 Å². The molecule has 1 spiro atoms. The molecule has 9 atom stereocenters. The van der Waals surface area contributed by atoms with Crippen molar-refractivity contribution in [3.05, 3.63) is 87.2 Å². The number of ketones is 1. The number of Topliss-reactive ketones (excluding diaryl/α,β-unsaturated/α-hetero) is 1. The third kappa shape index (κ3) is 8.60. The zero-order chi connectivity index (χ0) is 62.2. The molecule has 0 aromatic heterocycles. The van der Waals surface area contributed by atoms with Gasteiger partial charge in [-0.3, -0.25) is 9.59 Å². The van der Waals surface area contributed by atoms with Crippen molar-refractivity contribution < 1.29 is 124 Å². The van der Waals surface area contributed by atoms with Gasteiger partial charge in [0.25, 0.3) is 0 Å². The van der Waals surface area contributed by atoms with Crippen molar-refractivity contribution in [1.29, 1.82) is 0 Å². The van der Waals surface area contributed by atoms with E-state index in [0.717, 1.165) is 0 Å². The van der Waals surface area contributed by atoms with Gasteiger partial charge in [-0.05, 0) is 35.9 Å². The number of methoxy groups -OCH3 is 13. The summed E-state index contributed by atoms with van der Waals surface area (Å²) in [6.07, 6.45) is -11.5. The van der Waals surface area contributed by atoms with Gasteiger partial charge in [-0.15, -0.1) is 0 Å². The molecule has 460 valence electrons. The molecule has 6 aliphatic heterocycles. The Balaban J connectivity index is 1.21. The molecule has 1 aliphatic carbocycles. The number of carbonyl (C=O) groups is 5. The predicted octanol–water partition coefficient (Wildman–Crippen LogP) is 5.19. The molecule has 5 aromatic rings. The van der Waals surface area contributed by atoms with Crippen LogP contribution in [0.1, 0.15) is 65.3 Å². The zero-order valence-corrected chi connectivity index (χ0v) is 49.3. The summed E-state index contributed by atoms with van der Waals surface area (Å²) >= 11 is 0. The van der Waals surface area contributed by atoms with Gasteiger partial charge < -0.3 is 100 Å². The van der Waals surface area contributed by atoms with Gasteiger partial charge in [-0.1, -0.05) is 6.07 Å². The van der Waals surface area contributed by atoms with Gasteiger partial charge in [-0.25, -0.2) is 14.4 Å². The first-order valence-corrected chi connectivity index (χ1v) is 26.8. The van der Waals surface area contributed by atoms with E-state index in [9.17, 15) is 15.0 Å². The second-order valence-electron chi connectivity index (χ2n) is 20.3. The van der Waals surface area contributed by atoms with Gasteiger partial charge in [-0.2, -0.15) is 0 Å². The van der Waals surface area contributed by atoms with E-state index in [4.69, 9.17) is 90.0 Å². The number of cyclic esters (lactones) is 2. The Kier molecular flexibility index (Phi) is 15.4. The second-order valence-corrected chi connectivity index (χ2v) is 20.3. The van der Waals surface area contributed by atoms with Gasteiger partial charge in [0.15, 0.2) is 70.1 Å². The molecule has 0 radical (unpaired) electrons. The first-order valence-electron chi connectivity index (χ1n) is 26.8. The number of ether oxygens (including phenoxy) is 19. The highest BCUT2D eigenvalue weighted by molar-refractivity contribution is 6.21. The molecule has 7 aliphatic rings. The van der Waals surface area contributed by atoms with E-state index in [2.05, 4.69) is 0 Å². The smallest absolute Gasteiger partial charge is 0.339 e. The standard InChI is InChI=1S/C61H60O26/c1-69-30-15-14-23(16-32(30)71-3)44-28(62)17-24-31(70-2)21-33-40(45(24)83-44)42-54-55(86-59(67)27-20-36(74-6)49(77-9)52(80-12)39(27)41-43(60(68)85-54)61(42,87-33)56(64)53(41)81-13)46-29(63)22-82-57(65)25-18-34(72-4)47(75-7)50(78-10)37(25)38-26(58(66)84-46)19-35(73-5)48(76-8)51(38)79-11/h14-16,18-21,28-29,42-44,46,54-55,62-63H,17,22H2,1-13H3/t28-,29-,42-,43-,44-,46-,54-,55+,61?/m1/s1. The number of rotatable bonds is 15. The number of aliphatic hydroxyl groups excluding tert-OH is 2. The molecule has 1 fully saturated rings. The van der Waals surface area contributed by atoms with Crippen LogP contribution in [0.2, 0.25) is 0 Å². The quantitative estimate of drug-likeness (QED) is 0.101. The summed E-state index contributed by atoms with van der Waals surface area (Å²) in [5.74, 6) is -10.5. The summed E-state index contributed by atoms with van der Waals surface area (Å²) in [6.45, 7) is -1.05. The van der Waals surface area contributed by atoms with E-state index >= 15 is 19.2 Å². The lowest BCUT2D eigenvalue weighted by Crippen LogP contribution is -2.65. The van der Waals surface area contributed by atoms with Gasteiger partial charge in [0, 0.05) is 45.9 Å². The van der Waals surface area contributed by atoms with Crippen LogP contribution >= 0.6 is 0 Å². The lowest BCUT2D eigenvalue weighted by molar-refractivity contribution is -0.200. The van der Waals surface area contributed by atoms with Crippen molar-refractivity contribution in [3.8, 4) is 91.6 Å². The van der Waals surface area contributed by atoms with Gasteiger partial charge >= 0.3 is 23.9 Å². The first kappa shape index (κ1) is 59.1. The Morgan fingerprint density at radius 3 is 1.49 bits per heavy atom. The number of benzene rings is 5. The van der Waals surface area contributed by atoms with Crippen LogP contribution in [0.5, 0.6) is 80.5 Å². The molecule has 6 heterocycles. The summed E-state index contributed by atoms with van der Waals surface area (Å²) in [7, 11) is 16.9. The maximum atomic E-state index is 16.2. The highest BCUT2D eigenvalue weighted by atomic mass is 16.6. The maximum Gasteiger partial charge on any atom is 0.339 e. The van der Waals surface area contributed by atoms with Gasteiger partial charge in [0.2, 0.25) is 28.6 Å². The van der Waals surface area contributed by atoms with Crippen molar-refractivity contribution >= 4 is 35.2 Å². The minimum atomic E-state index is -2.52. The molecule has 0 amide bonds. The third-order valence-electron chi connectivity index (χ3n) is 16.5. The molecule has 5 aromatic carbocycles. The van der Waals surface area contributed by atoms with Gasteiger partial charge in [0.1, 0.15) is 42.0 Å². The fourth-order valence-corrected chi connectivity index (χ4v) is 12.9. The van der Waals surface area contributed by atoms with Crippen molar-refractivity contribution in [2.75, 3.05) is 99.0 Å². The van der Waals surface area contributed by atoms with E-state index < -0.39 is 107 Å². The maximum absolute atomic E-state index is 16.2. The first-order chi connectivity index (χ1) is 42.0. The Labute approximate surface area is 496 Å². The Morgan fingerprint density at radius 2 is 0.977 bits per heavy atom. The highest BCUT2D eigenvalue weighted by Gasteiger charge is 2.76. The van der Waals surface area contributed by atoms with Crippen molar-refractivity contribution in [2.24, 2.45) is 5.92 Å². The van der Waals surface area contributed by atoms with E-state index in [1.165, 1.54) is 117 Å². The molecule has 26 heteroatoms. The molecule has 1 unspecified atom stereocenters. The van der Waals surface area contributed by atoms with Crippen molar-refractivity contribution in [2.45, 2.75) is 54.6 Å². The minimum absolute atomic E-state index is 0.0121. The van der Waals surface area contributed by atoms with Crippen LogP contribution in [-0.2, 0) is 39.7 Å². The summed E-state index contributed by atoms with van der Waals surface area (Å²) in [5.41, 5.74) is -3.98. The average Bonchev–Trinajstić information content (AvgIpc) is 1.51. The number of aliphatic hydroxyl groups is 2. The number of carbonyl (C=O) groups excluding carboxylic acids is 5. The van der Waals surface area contributed by atoms with Crippen LogP contribution in [0, 0.1) is 5.92 Å². The molecule has 26 nitrogen and oxygen atoms in total. The van der Waals surface area contributed by atoms with E-state index in [0.29, 0.717) is 17.1 Å². The van der Waals surface area contributed by atoms with Crippen LogP contribution in [0.4, 0.5) is 0 Å². The van der Waals surface area contributed by atoms with Crippen LogP contribution < -0.4 is 66.3 Å². The van der Waals surface area contributed by atoms with Crippen LogP contribution in [0.25, 0.3) is 16.7 Å². The molecule has 87 heavy (non-hydrogen) atoms. The number of hydrogen-bond donors (Lipinski definition) is 2. The number of fused-ring (bicyclic) bond motifs is 9. The Bertz CT molecular complexity index is 3740. The fourth-order valence-electron chi connectivity index (χ4n) is 12.9. The molecular weight excluding hydrogens is 1150 g/mol. The number of hydrogen-bond acceptors (Lipinski definition) is 26. The summed E-state index contributed by atoms with van der Waals surface area (Å²) < 4.78 is 115. The predicted molar refractivity (Wildman–Crippen MR) is 296 cm³/mol. The number of esters is 4. The summed E-state index contributed by atoms with van der Waals surface area (Å²) in [5, 5.41) is 24.9. The third-order valence-corrected chi connectivity index (χ3v) is 16.5. The van der Waals surface area contributed by atoms with E-state index in [1.807, 2.05) is 0 Å². The Morgan fingerprint density at radius 1 is 0.471 bits per heavy atom. The average molecular weight is 1210 g/mol. The molecule has 2 N–H and O–H groups in total. The lowest BCUT2D eigenvalue weighted by atomic mass is 9.66. The molecule has 0 saturated carbocycles. The lowest BCUT2D eigenvalue weighted by Gasteiger charge is -2.47. The molecule has 12 rings (SSSR count). The second kappa shape index (κ2) is 22.6. The van der Waals surface area contributed by atoms with E-state index in [1.54, 1.807) is 18.2 Å². The summed E-state index contributed by atoms with van der Waals surface area (Å²) in [4.78, 5) is 78.5. The van der Waals surface area contributed by atoms with E-state index in [-0.39, 0.29) is 114 Å². The largest absolute Gasteiger partial charge is 0.496 e. The van der Waals surface area contributed by atoms with Crippen molar-refractivity contribution in [3.63, 3.8) is 0 Å². The molecular formula is C61H60O26. The topological polar surface area (TPSA) is 301 Å². The normalized spacial score (nSPS) is 23.9. The SMILES string of the molecule is COC1=C2c3c(cc(OC)c(OC)c3OC)C(=O)O[C@@H]([C@@H]3OC(=O)c4cc(OC)c(OC)c(OC)c4-c4c(cc(OC)c(OC)c4OC)C(=O)OC[C@H]3O)[C@@H]3OC(=O)[C@@H]2C2(Oc4cc(OC)c5c(c4[C@H]32)O[C@H](c2ccc(OC)c(OC)c2)[C@H](O)C5)C1=O. The monoisotopic (exact) mass is 1210 g/mol. The highest BCUT2D eigenvalue weighted by Crippen LogP contribution is 2.67. The summed E-state index contributed by atoms with van der Waals surface area (Å²) in [6, 6.07) is 9.99. The van der Waals surface area contributed by atoms with Crippen LogP contribution in [-0.4, -0.2) is 175 Å². The minimum Gasteiger partial charge on any atom is -0.496 e. The Hall–Kier alpha value is -9.69. The molecule has 4 bridgehead atoms. The zero-order valence-electron chi connectivity index (χ0n) is 49.3. The van der Waals surface area contributed by atoms with Crippen molar-refractivity contribution in [1.82, 2.24) is 0 Å². The van der Waals surface area contributed by atoms with Gasteiger partial charge in [0.05, 0.1) is 121 Å².